The molecule has 1 heterocycles. The molecule has 5 heteroatoms. The summed E-state index contributed by atoms with van der Waals surface area (Å²) < 4.78 is 11.1. The number of fused-ring (bicyclic) bond motifs is 1. The van der Waals surface area contributed by atoms with E-state index in [0.29, 0.717) is 23.6 Å². The lowest BCUT2D eigenvalue weighted by Gasteiger charge is -2.32. The molecule has 0 bridgehead atoms. The summed E-state index contributed by atoms with van der Waals surface area (Å²) in [5, 5.41) is 0.347. The molecule has 0 aromatic heterocycles. The fourth-order valence-corrected chi connectivity index (χ4v) is 2.79. The first-order chi connectivity index (χ1) is 9.61. The van der Waals surface area contributed by atoms with Gasteiger partial charge in [0.1, 0.15) is 6.10 Å². The zero-order valence-electron chi connectivity index (χ0n) is 10.7. The third-order valence-corrected chi connectivity index (χ3v) is 4.00. The lowest BCUT2D eigenvalue weighted by molar-refractivity contribution is -0.121. The maximum absolute atomic E-state index is 12.3. The molecule has 2 atom stereocenters. The number of esters is 1. The van der Waals surface area contributed by atoms with Crippen molar-refractivity contribution < 1.29 is 19.1 Å². The number of hydrogen-bond donors (Lipinski definition) is 0. The molecular formula is C15H13ClO4. The van der Waals surface area contributed by atoms with Crippen LogP contribution in [0.2, 0.25) is 5.02 Å². The topological polar surface area (TPSA) is 52.6 Å². The van der Waals surface area contributed by atoms with E-state index in [1.54, 1.807) is 30.3 Å². The number of ketones is 1. The molecule has 0 radical (unpaired) electrons. The van der Waals surface area contributed by atoms with Crippen molar-refractivity contribution in [1.82, 2.24) is 0 Å². The van der Waals surface area contributed by atoms with Gasteiger partial charge >= 0.3 is 5.97 Å². The number of allylic oxidation sites excluding steroid dienone is 1. The van der Waals surface area contributed by atoms with Gasteiger partial charge in [-0.05, 0) is 24.3 Å². The van der Waals surface area contributed by atoms with E-state index in [4.69, 9.17) is 21.1 Å². The van der Waals surface area contributed by atoms with Gasteiger partial charge < -0.3 is 9.47 Å². The van der Waals surface area contributed by atoms with Crippen molar-refractivity contribution in [3.05, 3.63) is 47.0 Å². The molecule has 0 saturated carbocycles. The second-order valence-corrected chi connectivity index (χ2v) is 5.34. The summed E-state index contributed by atoms with van der Waals surface area (Å²) in [5.74, 6) is -0.508. The Kier molecular flexibility index (Phi) is 3.36. The molecule has 1 aliphatic heterocycles. The van der Waals surface area contributed by atoms with Crippen molar-refractivity contribution in [2.45, 2.75) is 24.5 Å². The maximum Gasteiger partial charge on any atom is 0.340 e. The van der Waals surface area contributed by atoms with Gasteiger partial charge in [0.05, 0.1) is 17.2 Å². The highest BCUT2D eigenvalue weighted by atomic mass is 35.5. The molecule has 1 aromatic rings. The fraction of sp³-hybridized carbons (Fsp3) is 0.333. The quantitative estimate of drug-likeness (QED) is 0.786. The average Bonchev–Trinajstić information content (AvgIpc) is 2.82. The lowest BCUT2D eigenvalue weighted by Crippen LogP contribution is -2.44. The van der Waals surface area contributed by atoms with Gasteiger partial charge in [-0.15, -0.1) is 0 Å². The number of rotatable bonds is 2. The predicted octanol–water partition coefficient (Wildman–Crippen LogP) is 2.55. The van der Waals surface area contributed by atoms with Crippen LogP contribution in [0.4, 0.5) is 0 Å². The van der Waals surface area contributed by atoms with Crippen molar-refractivity contribution in [2.75, 3.05) is 6.61 Å². The molecule has 1 aliphatic carbocycles. The fourth-order valence-electron chi connectivity index (χ4n) is 2.57. The lowest BCUT2D eigenvalue weighted by atomic mass is 9.86. The molecule has 1 fully saturated rings. The Morgan fingerprint density at radius 1 is 1.40 bits per heavy atom. The highest BCUT2D eigenvalue weighted by Crippen LogP contribution is 2.37. The Bertz CT molecular complexity index is 595. The van der Waals surface area contributed by atoms with Crippen LogP contribution in [0, 0.1) is 0 Å². The molecule has 3 rings (SSSR count). The standard InChI is InChI=1S/C15H13ClO4/c16-12-4-2-1-3-11(12)14(18)20-15-6-5-10(17)9-13(15)19-8-7-15/h1-6,13H,7-9H2. The maximum atomic E-state index is 12.3. The second-order valence-electron chi connectivity index (χ2n) is 4.94. The van der Waals surface area contributed by atoms with Crippen molar-refractivity contribution in [2.24, 2.45) is 0 Å². The Hall–Kier alpha value is -1.65. The van der Waals surface area contributed by atoms with E-state index in [-0.39, 0.29) is 12.2 Å². The first-order valence-electron chi connectivity index (χ1n) is 6.42. The number of halogens is 1. The molecule has 20 heavy (non-hydrogen) atoms. The largest absolute Gasteiger partial charge is 0.448 e. The Morgan fingerprint density at radius 3 is 3.00 bits per heavy atom. The van der Waals surface area contributed by atoms with Crippen LogP contribution < -0.4 is 0 Å². The minimum atomic E-state index is -0.843. The highest BCUT2D eigenvalue weighted by Gasteiger charge is 2.48. The van der Waals surface area contributed by atoms with Crippen LogP contribution in [-0.2, 0) is 14.3 Å². The van der Waals surface area contributed by atoms with Crippen molar-refractivity contribution in [3.8, 4) is 0 Å². The monoisotopic (exact) mass is 292 g/mol. The predicted molar refractivity (Wildman–Crippen MR) is 72.7 cm³/mol. The number of ether oxygens (including phenoxy) is 2. The van der Waals surface area contributed by atoms with E-state index in [1.165, 1.54) is 6.08 Å². The van der Waals surface area contributed by atoms with E-state index in [9.17, 15) is 9.59 Å². The van der Waals surface area contributed by atoms with Crippen LogP contribution in [0.15, 0.2) is 36.4 Å². The summed E-state index contributed by atoms with van der Waals surface area (Å²) in [7, 11) is 0. The van der Waals surface area contributed by atoms with Crippen molar-refractivity contribution in [3.63, 3.8) is 0 Å². The third kappa shape index (κ3) is 2.25. The summed E-state index contributed by atoms with van der Waals surface area (Å²) in [5.41, 5.74) is -0.524. The van der Waals surface area contributed by atoms with Gasteiger partial charge in [0, 0.05) is 12.8 Å². The zero-order chi connectivity index (χ0) is 14.2. The Morgan fingerprint density at radius 2 is 2.20 bits per heavy atom. The first-order valence-corrected chi connectivity index (χ1v) is 6.80. The molecule has 2 aliphatic rings. The molecule has 0 spiro atoms. The molecule has 104 valence electrons. The van der Waals surface area contributed by atoms with Crippen LogP contribution >= 0.6 is 11.6 Å². The number of carbonyl (C=O) groups excluding carboxylic acids is 2. The number of hydrogen-bond acceptors (Lipinski definition) is 4. The third-order valence-electron chi connectivity index (χ3n) is 3.67. The molecule has 0 amide bonds. The van der Waals surface area contributed by atoms with Crippen LogP contribution in [0.3, 0.4) is 0 Å². The Labute approximate surface area is 121 Å². The van der Waals surface area contributed by atoms with Crippen molar-refractivity contribution in [1.29, 1.82) is 0 Å². The summed E-state index contributed by atoms with van der Waals surface area (Å²) in [6.07, 6.45) is 3.51. The van der Waals surface area contributed by atoms with Gasteiger partial charge in [-0.25, -0.2) is 4.79 Å². The smallest absolute Gasteiger partial charge is 0.340 e. The van der Waals surface area contributed by atoms with Gasteiger partial charge in [-0.2, -0.15) is 0 Å². The molecule has 2 unspecified atom stereocenters. The number of benzene rings is 1. The van der Waals surface area contributed by atoms with Crippen LogP contribution in [0.25, 0.3) is 0 Å². The molecular weight excluding hydrogens is 280 g/mol. The molecule has 4 nitrogen and oxygen atoms in total. The number of carbonyl (C=O) groups is 2. The minimum absolute atomic E-state index is 0.0127. The van der Waals surface area contributed by atoms with E-state index in [0.717, 1.165) is 0 Å². The normalized spacial score (nSPS) is 28.2. The van der Waals surface area contributed by atoms with Gasteiger partial charge in [0.2, 0.25) is 0 Å². The zero-order valence-corrected chi connectivity index (χ0v) is 11.4. The summed E-state index contributed by atoms with van der Waals surface area (Å²) in [6.45, 7) is 0.470. The van der Waals surface area contributed by atoms with Gasteiger partial charge in [-0.1, -0.05) is 23.7 Å². The summed E-state index contributed by atoms with van der Waals surface area (Å²) >= 11 is 6.00. The van der Waals surface area contributed by atoms with Crippen LogP contribution in [-0.4, -0.2) is 30.1 Å². The van der Waals surface area contributed by atoms with Crippen molar-refractivity contribution >= 4 is 23.4 Å². The molecule has 1 aromatic carbocycles. The minimum Gasteiger partial charge on any atom is -0.448 e. The second kappa shape index (κ2) is 5.04. The van der Waals surface area contributed by atoms with E-state index in [1.807, 2.05) is 0 Å². The SMILES string of the molecule is O=C1C=CC2(OC(=O)c3ccccc3Cl)CCOC2C1. The molecule has 1 saturated heterocycles. The van der Waals surface area contributed by atoms with Gasteiger partial charge in [-0.3, -0.25) is 4.79 Å². The highest BCUT2D eigenvalue weighted by molar-refractivity contribution is 6.33. The Balaban J connectivity index is 1.87. The van der Waals surface area contributed by atoms with Gasteiger partial charge in [0.15, 0.2) is 11.4 Å². The van der Waals surface area contributed by atoms with Crippen LogP contribution in [0.5, 0.6) is 0 Å². The summed E-state index contributed by atoms with van der Waals surface area (Å²) in [4.78, 5) is 23.7. The van der Waals surface area contributed by atoms with E-state index >= 15 is 0 Å². The van der Waals surface area contributed by atoms with E-state index < -0.39 is 17.7 Å². The molecule has 0 N–H and O–H groups in total. The average molecular weight is 293 g/mol. The first kappa shape index (κ1) is 13.3. The summed E-state index contributed by atoms with van der Waals surface area (Å²) in [6, 6.07) is 6.73. The van der Waals surface area contributed by atoms with Crippen LogP contribution in [0.1, 0.15) is 23.2 Å². The van der Waals surface area contributed by atoms with E-state index in [2.05, 4.69) is 0 Å². The van der Waals surface area contributed by atoms with Gasteiger partial charge in [0.25, 0.3) is 0 Å².